The molecule has 1 aromatic heterocycles. The van der Waals surface area contributed by atoms with Gasteiger partial charge in [-0.3, -0.25) is 4.98 Å². The Morgan fingerprint density at radius 1 is 1.59 bits per heavy atom. The van der Waals surface area contributed by atoms with Crippen LogP contribution in [-0.4, -0.2) is 30.3 Å². The molecule has 0 amide bonds. The third-order valence-electron chi connectivity index (χ3n) is 1.88. The van der Waals surface area contributed by atoms with Crippen LogP contribution < -0.4 is 0 Å². The Balaban J connectivity index is 0.000000171. The molecule has 2 rings (SSSR count). The quantitative estimate of drug-likeness (QED) is 0.452. The normalized spacial score (nSPS) is 16.1. The van der Waals surface area contributed by atoms with Crippen LogP contribution in [0.2, 0.25) is 0 Å². The fraction of sp³-hybridized carbons (Fsp3) is 0.231. The van der Waals surface area contributed by atoms with Crippen LogP contribution in [-0.2, 0) is 14.3 Å². The van der Waals surface area contributed by atoms with E-state index < -0.39 is 0 Å². The van der Waals surface area contributed by atoms with Gasteiger partial charge in [-0.25, -0.2) is 4.79 Å². The minimum absolute atomic E-state index is 0.147. The van der Waals surface area contributed by atoms with Crippen LogP contribution in [0.3, 0.4) is 0 Å². The van der Waals surface area contributed by atoms with E-state index >= 15 is 0 Å². The summed E-state index contributed by atoms with van der Waals surface area (Å²) in [5.74, 6) is -0.384. The molecule has 1 unspecified atom stereocenters. The van der Waals surface area contributed by atoms with Crippen LogP contribution >= 0.6 is 0 Å². The Morgan fingerprint density at radius 2 is 2.35 bits per heavy atom. The van der Waals surface area contributed by atoms with Crippen LogP contribution in [0.4, 0.5) is 0 Å². The number of aromatic nitrogens is 1. The standard InChI is InChI=1S/C7H7N.C6H8O3/c1-2-7-5-3-4-6-8-7;1-2-6(7)9-4-5-3-8-5/h2-6H,1H2;2,5H,1,3-4H2. The van der Waals surface area contributed by atoms with Crippen LogP contribution in [0.25, 0.3) is 6.08 Å². The molecule has 1 aromatic rings. The average Bonchev–Trinajstić information content (AvgIpc) is 3.21. The van der Waals surface area contributed by atoms with Crippen LogP contribution in [0.5, 0.6) is 0 Å². The maximum Gasteiger partial charge on any atom is 0.330 e. The number of nitrogens with zero attached hydrogens (tertiary/aromatic N) is 1. The maximum absolute atomic E-state index is 10.3. The smallest absolute Gasteiger partial charge is 0.330 e. The van der Waals surface area contributed by atoms with Crippen LogP contribution in [0, 0.1) is 0 Å². The first-order chi connectivity index (χ1) is 8.26. The molecule has 0 aliphatic carbocycles. The summed E-state index contributed by atoms with van der Waals surface area (Å²) in [6.45, 7) is 7.89. The van der Waals surface area contributed by atoms with E-state index in [9.17, 15) is 4.79 Å². The van der Waals surface area contributed by atoms with Gasteiger partial charge in [0.05, 0.1) is 12.3 Å². The summed E-state index contributed by atoms with van der Waals surface area (Å²) >= 11 is 0. The summed E-state index contributed by atoms with van der Waals surface area (Å²) in [5.41, 5.74) is 0.924. The van der Waals surface area contributed by atoms with Crippen LogP contribution in [0.15, 0.2) is 43.6 Å². The Bertz CT molecular complexity index is 372. The first-order valence-corrected chi connectivity index (χ1v) is 5.20. The highest BCUT2D eigenvalue weighted by Crippen LogP contribution is 2.08. The SMILES string of the molecule is C=CC(=O)OCC1CO1.C=Cc1ccccn1. The fourth-order valence-corrected chi connectivity index (χ4v) is 0.895. The van der Waals surface area contributed by atoms with Crippen molar-refractivity contribution in [3.63, 3.8) is 0 Å². The minimum atomic E-state index is -0.384. The van der Waals surface area contributed by atoms with E-state index in [4.69, 9.17) is 4.74 Å². The zero-order valence-electron chi connectivity index (χ0n) is 9.54. The lowest BCUT2D eigenvalue weighted by Gasteiger charge is -1.94. The highest BCUT2D eigenvalue weighted by Gasteiger charge is 2.23. The van der Waals surface area contributed by atoms with Gasteiger partial charge >= 0.3 is 5.97 Å². The van der Waals surface area contributed by atoms with Crippen molar-refractivity contribution in [3.05, 3.63) is 49.3 Å². The van der Waals surface area contributed by atoms with Gasteiger partial charge in [0.25, 0.3) is 0 Å². The topological polar surface area (TPSA) is 51.7 Å². The number of carbonyl (C=O) groups excluding carboxylic acids is 1. The average molecular weight is 233 g/mol. The number of hydrogen-bond acceptors (Lipinski definition) is 4. The van der Waals surface area contributed by atoms with E-state index in [2.05, 4.69) is 22.9 Å². The maximum atomic E-state index is 10.3. The molecule has 0 aromatic carbocycles. The number of rotatable bonds is 4. The molecule has 90 valence electrons. The van der Waals surface area contributed by atoms with Crippen molar-refractivity contribution < 1.29 is 14.3 Å². The summed E-state index contributed by atoms with van der Waals surface area (Å²) < 4.78 is 9.42. The molecule has 0 spiro atoms. The second kappa shape index (κ2) is 7.35. The number of hydrogen-bond donors (Lipinski definition) is 0. The van der Waals surface area contributed by atoms with Gasteiger partial charge in [0.15, 0.2) is 0 Å². The van der Waals surface area contributed by atoms with Gasteiger partial charge in [-0.1, -0.05) is 19.2 Å². The minimum Gasteiger partial charge on any atom is -0.460 e. The van der Waals surface area contributed by atoms with Gasteiger partial charge < -0.3 is 9.47 Å². The second-order valence-electron chi connectivity index (χ2n) is 3.25. The van der Waals surface area contributed by atoms with Gasteiger partial charge in [0, 0.05) is 12.3 Å². The highest BCUT2D eigenvalue weighted by atomic mass is 16.6. The van der Waals surface area contributed by atoms with Gasteiger partial charge in [-0.2, -0.15) is 0 Å². The van der Waals surface area contributed by atoms with Gasteiger partial charge in [-0.15, -0.1) is 0 Å². The van der Waals surface area contributed by atoms with Crippen LogP contribution in [0.1, 0.15) is 5.69 Å². The number of esters is 1. The summed E-state index contributed by atoms with van der Waals surface area (Å²) in [6, 6.07) is 5.73. The lowest BCUT2D eigenvalue weighted by Crippen LogP contribution is -2.06. The summed E-state index contributed by atoms with van der Waals surface area (Å²) in [4.78, 5) is 14.3. The molecule has 2 heterocycles. The number of carbonyl (C=O) groups is 1. The van der Waals surface area contributed by atoms with Crippen molar-refractivity contribution in [2.75, 3.05) is 13.2 Å². The summed E-state index contributed by atoms with van der Waals surface area (Å²) in [5, 5.41) is 0. The van der Waals surface area contributed by atoms with Gasteiger partial charge in [0.1, 0.15) is 12.7 Å². The Morgan fingerprint density at radius 3 is 2.76 bits per heavy atom. The van der Waals surface area contributed by atoms with E-state index in [1.54, 1.807) is 12.3 Å². The van der Waals surface area contributed by atoms with Crippen molar-refractivity contribution in [2.24, 2.45) is 0 Å². The molecule has 1 aliphatic rings. The van der Waals surface area contributed by atoms with E-state index in [0.29, 0.717) is 13.2 Å². The van der Waals surface area contributed by atoms with Crippen molar-refractivity contribution >= 4 is 12.0 Å². The molecule has 1 aliphatic heterocycles. The molecule has 0 bridgehead atoms. The number of epoxide rings is 1. The zero-order chi connectivity index (χ0) is 12.5. The van der Waals surface area contributed by atoms with E-state index in [-0.39, 0.29) is 12.1 Å². The molecular weight excluding hydrogens is 218 g/mol. The van der Waals surface area contributed by atoms with E-state index in [1.807, 2.05) is 18.2 Å². The molecule has 4 nitrogen and oxygen atoms in total. The van der Waals surface area contributed by atoms with Gasteiger partial charge in [-0.05, 0) is 18.2 Å². The largest absolute Gasteiger partial charge is 0.460 e. The lowest BCUT2D eigenvalue weighted by atomic mass is 10.4. The summed E-state index contributed by atoms with van der Waals surface area (Å²) in [7, 11) is 0. The first kappa shape index (κ1) is 13.1. The summed E-state index contributed by atoms with van der Waals surface area (Å²) in [6.07, 6.45) is 4.76. The van der Waals surface area contributed by atoms with E-state index in [0.717, 1.165) is 11.8 Å². The van der Waals surface area contributed by atoms with Crippen molar-refractivity contribution in [2.45, 2.75) is 6.10 Å². The third kappa shape index (κ3) is 6.27. The van der Waals surface area contributed by atoms with Crippen molar-refractivity contribution in [3.8, 4) is 0 Å². The Hall–Kier alpha value is -1.94. The predicted molar refractivity (Wildman–Crippen MR) is 65.2 cm³/mol. The molecule has 4 heteroatoms. The molecule has 0 radical (unpaired) electrons. The van der Waals surface area contributed by atoms with Gasteiger partial charge in [0.2, 0.25) is 0 Å². The number of ether oxygens (including phenoxy) is 2. The molecule has 0 saturated carbocycles. The third-order valence-corrected chi connectivity index (χ3v) is 1.88. The highest BCUT2D eigenvalue weighted by molar-refractivity contribution is 5.81. The van der Waals surface area contributed by atoms with Crippen molar-refractivity contribution in [1.29, 1.82) is 0 Å². The Kier molecular flexibility index (Phi) is 5.68. The molecule has 1 saturated heterocycles. The molecule has 1 atom stereocenters. The molecule has 1 fully saturated rings. The Labute approximate surface area is 101 Å². The second-order valence-corrected chi connectivity index (χ2v) is 3.25. The molecule has 0 N–H and O–H groups in total. The fourth-order valence-electron chi connectivity index (χ4n) is 0.895. The van der Waals surface area contributed by atoms with Crippen molar-refractivity contribution in [1.82, 2.24) is 4.98 Å². The monoisotopic (exact) mass is 233 g/mol. The number of pyridine rings is 1. The molecular formula is C13H15NO3. The van der Waals surface area contributed by atoms with E-state index in [1.165, 1.54) is 0 Å². The zero-order valence-corrected chi connectivity index (χ0v) is 9.54. The first-order valence-electron chi connectivity index (χ1n) is 5.20. The predicted octanol–water partition coefficient (Wildman–Crippen LogP) is 1.84. The lowest BCUT2D eigenvalue weighted by molar-refractivity contribution is -0.138. The molecule has 17 heavy (non-hydrogen) atoms.